The van der Waals surface area contributed by atoms with Gasteiger partial charge >= 0.3 is 0 Å². The Morgan fingerprint density at radius 3 is 2.75 bits per heavy atom. The molecule has 0 N–H and O–H groups in total. The van der Waals surface area contributed by atoms with E-state index in [1.807, 2.05) is 0 Å². The minimum atomic E-state index is 0.283. The topological polar surface area (TPSA) is 9.23 Å². The summed E-state index contributed by atoms with van der Waals surface area (Å²) in [5.41, 5.74) is 2.51. The Balaban J connectivity index is 2.14. The van der Waals surface area contributed by atoms with Gasteiger partial charge in [0.15, 0.2) is 0 Å². The molecule has 2 aromatic rings. The van der Waals surface area contributed by atoms with Gasteiger partial charge in [-0.1, -0.05) is 24.3 Å². The van der Waals surface area contributed by atoms with Gasteiger partial charge in [-0.05, 0) is 42.5 Å². The molecule has 0 unspecified atom stereocenters. The zero-order chi connectivity index (χ0) is 11.4. The molecule has 0 aliphatic rings. The van der Waals surface area contributed by atoms with E-state index < -0.39 is 0 Å². The summed E-state index contributed by atoms with van der Waals surface area (Å²) in [6.45, 7) is 4.81. The first-order valence-electron chi connectivity index (χ1n) is 5.50. The second-order valence-corrected chi connectivity index (χ2v) is 4.99. The van der Waals surface area contributed by atoms with Gasteiger partial charge in [0.25, 0.3) is 0 Å². The van der Waals surface area contributed by atoms with Crippen LogP contribution in [0.3, 0.4) is 0 Å². The Labute approximate surface area is 101 Å². The maximum Gasteiger partial charge on any atom is 0.0720 e. The molecule has 0 saturated carbocycles. The highest BCUT2D eigenvalue weighted by Crippen LogP contribution is 2.25. The summed E-state index contributed by atoms with van der Waals surface area (Å²) in [6.07, 6.45) is 0.283. The Morgan fingerprint density at radius 2 is 2.06 bits per heavy atom. The first-order chi connectivity index (χ1) is 7.75. The van der Waals surface area contributed by atoms with Crippen molar-refractivity contribution in [1.82, 2.24) is 0 Å². The minimum absolute atomic E-state index is 0.283. The molecule has 0 aliphatic carbocycles. The van der Waals surface area contributed by atoms with Crippen molar-refractivity contribution >= 4 is 11.3 Å². The van der Waals surface area contributed by atoms with Crippen molar-refractivity contribution in [2.45, 2.75) is 26.6 Å². The molecular formula is C14H16OS. The summed E-state index contributed by atoms with van der Waals surface area (Å²) in [5.74, 6) is 0. The molecule has 0 bridgehead atoms. The maximum atomic E-state index is 5.60. The molecular weight excluding hydrogens is 216 g/mol. The standard InChI is InChI=1S/C14H16OS/c1-11(2)15-10-12-5-3-6-13(9-12)14-7-4-8-16-14/h3-9,11H,10H2,1-2H3. The smallest absolute Gasteiger partial charge is 0.0720 e. The van der Waals surface area contributed by atoms with E-state index in [1.54, 1.807) is 11.3 Å². The molecule has 0 fully saturated rings. The fraction of sp³-hybridized carbons (Fsp3) is 0.286. The van der Waals surface area contributed by atoms with Crippen LogP contribution in [0, 0.1) is 0 Å². The van der Waals surface area contributed by atoms with Gasteiger partial charge in [-0.15, -0.1) is 11.3 Å². The fourth-order valence-electron chi connectivity index (χ4n) is 1.52. The minimum Gasteiger partial charge on any atom is -0.374 e. The molecule has 0 atom stereocenters. The SMILES string of the molecule is CC(C)OCc1cccc(-c2cccs2)c1. The zero-order valence-electron chi connectivity index (χ0n) is 9.64. The number of thiophene rings is 1. The van der Waals surface area contributed by atoms with Crippen LogP contribution in [0.15, 0.2) is 41.8 Å². The quantitative estimate of drug-likeness (QED) is 0.762. The summed E-state index contributed by atoms with van der Waals surface area (Å²) in [4.78, 5) is 1.31. The van der Waals surface area contributed by atoms with Crippen LogP contribution in [0.25, 0.3) is 10.4 Å². The Hall–Kier alpha value is -1.12. The van der Waals surface area contributed by atoms with Crippen molar-refractivity contribution in [2.24, 2.45) is 0 Å². The summed E-state index contributed by atoms with van der Waals surface area (Å²) in [5, 5.41) is 2.10. The molecule has 1 aromatic heterocycles. The van der Waals surface area contributed by atoms with Crippen LogP contribution < -0.4 is 0 Å². The number of hydrogen-bond acceptors (Lipinski definition) is 2. The lowest BCUT2D eigenvalue weighted by Gasteiger charge is -2.08. The average molecular weight is 232 g/mol. The van der Waals surface area contributed by atoms with E-state index >= 15 is 0 Å². The molecule has 2 rings (SSSR count). The monoisotopic (exact) mass is 232 g/mol. The predicted molar refractivity (Wildman–Crippen MR) is 69.7 cm³/mol. The number of hydrogen-bond donors (Lipinski definition) is 0. The molecule has 16 heavy (non-hydrogen) atoms. The van der Waals surface area contributed by atoms with Crippen LogP contribution >= 0.6 is 11.3 Å². The molecule has 84 valence electrons. The van der Waals surface area contributed by atoms with Crippen LogP contribution in [0.5, 0.6) is 0 Å². The maximum absolute atomic E-state index is 5.60. The van der Waals surface area contributed by atoms with E-state index in [9.17, 15) is 0 Å². The predicted octanol–water partition coefficient (Wildman–Crippen LogP) is 4.34. The molecule has 0 amide bonds. The summed E-state index contributed by atoms with van der Waals surface area (Å²) in [6, 6.07) is 12.8. The lowest BCUT2D eigenvalue weighted by molar-refractivity contribution is 0.0657. The number of ether oxygens (including phenoxy) is 1. The number of benzene rings is 1. The van der Waals surface area contributed by atoms with Crippen LogP contribution in [0.1, 0.15) is 19.4 Å². The molecule has 0 spiro atoms. The van der Waals surface area contributed by atoms with Crippen molar-refractivity contribution in [2.75, 3.05) is 0 Å². The Bertz CT molecular complexity index is 432. The van der Waals surface area contributed by atoms with E-state index in [0.717, 1.165) is 0 Å². The average Bonchev–Trinajstić information content (AvgIpc) is 2.80. The zero-order valence-corrected chi connectivity index (χ0v) is 10.5. The summed E-state index contributed by atoms with van der Waals surface area (Å²) < 4.78 is 5.60. The Morgan fingerprint density at radius 1 is 1.19 bits per heavy atom. The molecule has 1 aromatic carbocycles. The van der Waals surface area contributed by atoms with Crippen LogP contribution in [0.4, 0.5) is 0 Å². The third-order valence-electron chi connectivity index (χ3n) is 2.32. The van der Waals surface area contributed by atoms with Gasteiger partial charge in [-0.25, -0.2) is 0 Å². The van der Waals surface area contributed by atoms with Crippen molar-refractivity contribution in [3.8, 4) is 10.4 Å². The van der Waals surface area contributed by atoms with Crippen LogP contribution in [-0.2, 0) is 11.3 Å². The van der Waals surface area contributed by atoms with E-state index in [4.69, 9.17) is 4.74 Å². The van der Waals surface area contributed by atoms with E-state index in [0.29, 0.717) is 6.61 Å². The highest BCUT2D eigenvalue weighted by molar-refractivity contribution is 7.13. The third-order valence-corrected chi connectivity index (χ3v) is 3.23. The highest BCUT2D eigenvalue weighted by atomic mass is 32.1. The number of rotatable bonds is 4. The van der Waals surface area contributed by atoms with Crippen molar-refractivity contribution in [3.05, 3.63) is 47.3 Å². The second-order valence-electron chi connectivity index (χ2n) is 4.04. The van der Waals surface area contributed by atoms with Crippen LogP contribution in [0.2, 0.25) is 0 Å². The van der Waals surface area contributed by atoms with E-state index in [1.165, 1.54) is 16.0 Å². The molecule has 1 heterocycles. The van der Waals surface area contributed by atoms with Gasteiger partial charge in [0.2, 0.25) is 0 Å². The Kier molecular flexibility index (Phi) is 3.75. The molecule has 2 heteroatoms. The van der Waals surface area contributed by atoms with Gasteiger partial charge in [-0.3, -0.25) is 0 Å². The molecule has 1 nitrogen and oxygen atoms in total. The van der Waals surface area contributed by atoms with Crippen molar-refractivity contribution in [3.63, 3.8) is 0 Å². The lowest BCUT2D eigenvalue weighted by Crippen LogP contribution is -2.02. The molecule has 0 aliphatic heterocycles. The highest BCUT2D eigenvalue weighted by Gasteiger charge is 2.01. The van der Waals surface area contributed by atoms with Crippen molar-refractivity contribution < 1.29 is 4.74 Å². The molecule has 0 radical (unpaired) electrons. The molecule has 0 saturated heterocycles. The first kappa shape index (κ1) is 11.4. The van der Waals surface area contributed by atoms with Gasteiger partial charge < -0.3 is 4.74 Å². The van der Waals surface area contributed by atoms with E-state index in [-0.39, 0.29) is 6.10 Å². The second kappa shape index (κ2) is 5.28. The fourth-order valence-corrected chi connectivity index (χ4v) is 2.24. The lowest BCUT2D eigenvalue weighted by atomic mass is 10.1. The van der Waals surface area contributed by atoms with Gasteiger partial charge in [0.1, 0.15) is 0 Å². The third kappa shape index (κ3) is 2.94. The van der Waals surface area contributed by atoms with Gasteiger partial charge in [0.05, 0.1) is 12.7 Å². The normalized spacial score (nSPS) is 10.9. The summed E-state index contributed by atoms with van der Waals surface area (Å²) >= 11 is 1.77. The van der Waals surface area contributed by atoms with E-state index in [2.05, 4.69) is 55.6 Å². The first-order valence-corrected chi connectivity index (χ1v) is 6.38. The summed E-state index contributed by atoms with van der Waals surface area (Å²) in [7, 11) is 0. The van der Waals surface area contributed by atoms with Crippen molar-refractivity contribution in [1.29, 1.82) is 0 Å². The largest absolute Gasteiger partial charge is 0.374 e. The van der Waals surface area contributed by atoms with Gasteiger partial charge in [-0.2, -0.15) is 0 Å². The van der Waals surface area contributed by atoms with Crippen LogP contribution in [-0.4, -0.2) is 6.10 Å². The van der Waals surface area contributed by atoms with Gasteiger partial charge in [0, 0.05) is 4.88 Å².